The Morgan fingerprint density at radius 3 is 2.28 bits per heavy atom. The van der Waals surface area contributed by atoms with Crippen LogP contribution in [0.4, 0.5) is 0 Å². The molecule has 0 radical (unpaired) electrons. The van der Waals surface area contributed by atoms with Crippen molar-refractivity contribution in [3.8, 4) is 0 Å². The Kier molecular flexibility index (Phi) is 4.06. The number of fused-ring (bicyclic) bond motifs is 1. The highest BCUT2D eigenvalue weighted by Gasteiger charge is 2.44. The molecule has 1 aromatic rings. The summed E-state index contributed by atoms with van der Waals surface area (Å²) in [6.07, 6.45) is 0.358. The van der Waals surface area contributed by atoms with Gasteiger partial charge in [-0.05, 0) is 29.0 Å². The molecular weight excluding hydrogens is 364 g/mol. The number of benzene rings is 1. The minimum atomic E-state index is -3.90. The molecule has 0 spiro atoms. The number of Topliss-reactive ketones (excluding diaryl/α,β-unsaturated/α-hetero) is 2. The van der Waals surface area contributed by atoms with Crippen molar-refractivity contribution < 1.29 is 22.8 Å². The first-order valence-electron chi connectivity index (χ1n) is 7.86. The fourth-order valence-corrected chi connectivity index (χ4v) is 5.88. The van der Waals surface area contributed by atoms with Crippen molar-refractivity contribution in [3.63, 3.8) is 0 Å². The largest absolute Gasteiger partial charge is 0.299 e. The smallest absolute Gasteiger partial charge is 0.214 e. The van der Waals surface area contributed by atoms with Gasteiger partial charge in [0.1, 0.15) is 28.3 Å². The average Bonchev–Trinajstić information content (AvgIpc) is 2.73. The first-order valence-corrected chi connectivity index (χ1v) is 9.72. The molecule has 0 bridgehead atoms. The summed E-state index contributed by atoms with van der Waals surface area (Å²) in [6, 6.07) is 1.49. The number of hydrogen-bond acceptors (Lipinski definition) is 5. The average molecular weight is 381 g/mol. The Hall–Kier alpha value is -1.75. The standard InChI is InChI=1S/C18H17ClO5S/c1-9-4-11(15-13(21)6-18(2,3)7-14(15)22)16(19)12-5-10(8-20)25(23,24)17(9)12/h4,15H,5-7H2,1-3H3. The zero-order chi connectivity index (χ0) is 18.7. The second-order valence-corrected chi connectivity index (χ2v) is 9.78. The molecule has 132 valence electrons. The fraction of sp³-hybridized carbons (Fsp3) is 0.444. The van der Waals surface area contributed by atoms with Gasteiger partial charge in [-0.1, -0.05) is 31.5 Å². The van der Waals surface area contributed by atoms with Crippen LogP contribution >= 0.6 is 11.6 Å². The highest BCUT2D eigenvalue weighted by Crippen LogP contribution is 2.45. The SMILES string of the molecule is Cc1cc(C2C(=O)CC(C)(C)CC2=O)c(Cl)c2c1S(=O)(=O)C(=C=O)C2. The molecule has 1 aliphatic carbocycles. The van der Waals surface area contributed by atoms with Crippen LogP contribution in [0.5, 0.6) is 0 Å². The molecule has 1 saturated carbocycles. The molecule has 1 fully saturated rings. The number of aryl methyl sites for hydroxylation is 1. The summed E-state index contributed by atoms with van der Waals surface area (Å²) < 4.78 is 24.8. The third kappa shape index (κ3) is 2.69. The molecule has 1 heterocycles. The van der Waals surface area contributed by atoms with E-state index in [-0.39, 0.29) is 56.6 Å². The van der Waals surface area contributed by atoms with Crippen LogP contribution in [0, 0.1) is 12.3 Å². The Labute approximate surface area is 151 Å². The maximum Gasteiger partial charge on any atom is 0.214 e. The lowest BCUT2D eigenvalue weighted by molar-refractivity contribution is -0.135. The number of rotatable bonds is 1. The van der Waals surface area contributed by atoms with E-state index >= 15 is 0 Å². The summed E-state index contributed by atoms with van der Waals surface area (Å²) in [5, 5.41) is 0.0841. The van der Waals surface area contributed by atoms with Crippen LogP contribution in [0.3, 0.4) is 0 Å². The van der Waals surface area contributed by atoms with E-state index in [9.17, 15) is 22.8 Å². The van der Waals surface area contributed by atoms with E-state index in [4.69, 9.17) is 11.6 Å². The number of allylic oxidation sites excluding steroid dienone is 1. The quantitative estimate of drug-likeness (QED) is 0.552. The molecule has 0 aromatic heterocycles. The molecule has 2 aliphatic rings. The normalized spacial score (nSPS) is 22.0. The lowest BCUT2D eigenvalue weighted by Gasteiger charge is -2.32. The summed E-state index contributed by atoms with van der Waals surface area (Å²) >= 11 is 6.40. The zero-order valence-electron chi connectivity index (χ0n) is 14.1. The van der Waals surface area contributed by atoms with E-state index in [1.165, 1.54) is 12.0 Å². The van der Waals surface area contributed by atoms with E-state index < -0.39 is 15.8 Å². The van der Waals surface area contributed by atoms with Crippen LogP contribution in [0.2, 0.25) is 5.02 Å². The summed E-state index contributed by atoms with van der Waals surface area (Å²) in [7, 11) is -3.90. The van der Waals surface area contributed by atoms with Gasteiger partial charge in [-0.2, -0.15) is 0 Å². The predicted octanol–water partition coefficient (Wildman–Crippen LogP) is 2.74. The summed E-state index contributed by atoms with van der Waals surface area (Å²) in [6.45, 7) is 5.30. The molecular formula is C18H17ClO5S. The van der Waals surface area contributed by atoms with Gasteiger partial charge in [0.2, 0.25) is 9.84 Å². The van der Waals surface area contributed by atoms with Gasteiger partial charge in [0.05, 0.1) is 4.90 Å². The molecule has 1 aliphatic heterocycles. The highest BCUT2D eigenvalue weighted by molar-refractivity contribution is 7.96. The second-order valence-electron chi connectivity index (χ2n) is 7.49. The number of ketones is 2. The third-order valence-electron chi connectivity index (χ3n) is 4.83. The summed E-state index contributed by atoms with van der Waals surface area (Å²) in [5.41, 5.74) is 0.607. The Morgan fingerprint density at radius 1 is 1.20 bits per heavy atom. The van der Waals surface area contributed by atoms with Crippen molar-refractivity contribution >= 4 is 38.9 Å². The van der Waals surface area contributed by atoms with Gasteiger partial charge >= 0.3 is 0 Å². The summed E-state index contributed by atoms with van der Waals surface area (Å²) in [4.78, 5) is 35.7. The first-order chi connectivity index (χ1) is 11.5. The molecule has 0 unspecified atom stereocenters. The van der Waals surface area contributed by atoms with E-state index in [2.05, 4.69) is 0 Å². The van der Waals surface area contributed by atoms with Gasteiger partial charge in [0.15, 0.2) is 0 Å². The third-order valence-corrected chi connectivity index (χ3v) is 7.26. The van der Waals surface area contributed by atoms with Gasteiger partial charge < -0.3 is 0 Å². The Balaban J connectivity index is 2.20. The lowest BCUT2D eigenvalue weighted by Crippen LogP contribution is -2.36. The van der Waals surface area contributed by atoms with Crippen LogP contribution in [0.15, 0.2) is 15.9 Å². The Morgan fingerprint density at radius 2 is 1.76 bits per heavy atom. The van der Waals surface area contributed by atoms with Crippen LogP contribution < -0.4 is 0 Å². The van der Waals surface area contributed by atoms with Crippen molar-refractivity contribution in [2.75, 3.05) is 0 Å². The number of hydrogen-bond donors (Lipinski definition) is 0. The van der Waals surface area contributed by atoms with Gasteiger partial charge in [0.25, 0.3) is 0 Å². The zero-order valence-corrected chi connectivity index (χ0v) is 15.7. The van der Waals surface area contributed by atoms with E-state index in [0.717, 1.165) is 0 Å². The van der Waals surface area contributed by atoms with Gasteiger partial charge in [-0.3, -0.25) is 9.59 Å². The van der Waals surface area contributed by atoms with Crippen LogP contribution in [0.25, 0.3) is 0 Å². The fourth-order valence-electron chi connectivity index (χ4n) is 3.82. The molecule has 0 N–H and O–H groups in total. The van der Waals surface area contributed by atoms with Crippen LogP contribution in [0.1, 0.15) is 49.3 Å². The van der Waals surface area contributed by atoms with Crippen molar-refractivity contribution in [2.24, 2.45) is 5.41 Å². The monoisotopic (exact) mass is 380 g/mol. The van der Waals surface area contributed by atoms with Gasteiger partial charge in [-0.25, -0.2) is 13.2 Å². The van der Waals surface area contributed by atoms with Crippen molar-refractivity contribution in [3.05, 3.63) is 32.7 Å². The minimum Gasteiger partial charge on any atom is -0.299 e. The molecule has 0 atom stereocenters. The van der Waals surface area contributed by atoms with Crippen LogP contribution in [-0.2, 0) is 30.6 Å². The maximum absolute atomic E-state index is 12.6. The highest BCUT2D eigenvalue weighted by atomic mass is 35.5. The van der Waals surface area contributed by atoms with Crippen molar-refractivity contribution in [1.29, 1.82) is 0 Å². The topological polar surface area (TPSA) is 85.3 Å². The lowest BCUT2D eigenvalue weighted by atomic mass is 9.69. The predicted molar refractivity (Wildman–Crippen MR) is 92.1 cm³/mol. The van der Waals surface area contributed by atoms with E-state index in [0.29, 0.717) is 11.1 Å². The molecule has 7 heteroatoms. The molecule has 1 aromatic carbocycles. The second kappa shape index (κ2) is 5.63. The maximum atomic E-state index is 12.6. The molecule has 25 heavy (non-hydrogen) atoms. The number of sulfone groups is 1. The van der Waals surface area contributed by atoms with Gasteiger partial charge in [-0.15, -0.1) is 0 Å². The van der Waals surface area contributed by atoms with Crippen molar-refractivity contribution in [2.45, 2.75) is 50.8 Å². The number of carbonyl (C=O) groups is 2. The van der Waals surface area contributed by atoms with Crippen molar-refractivity contribution in [1.82, 2.24) is 0 Å². The Bertz CT molecular complexity index is 961. The molecule has 3 rings (SSSR count). The number of halogens is 1. The molecule has 5 nitrogen and oxygen atoms in total. The first kappa shape index (κ1) is 18.1. The van der Waals surface area contributed by atoms with E-state index in [1.54, 1.807) is 6.92 Å². The van der Waals surface area contributed by atoms with Crippen LogP contribution in [-0.4, -0.2) is 25.9 Å². The minimum absolute atomic E-state index is 0.00404. The van der Waals surface area contributed by atoms with Gasteiger partial charge in [0, 0.05) is 24.3 Å². The molecule has 0 amide bonds. The van der Waals surface area contributed by atoms with E-state index in [1.807, 2.05) is 13.8 Å². The summed E-state index contributed by atoms with van der Waals surface area (Å²) in [5.74, 6) is 0.0668. The molecule has 0 saturated heterocycles. The number of carbonyl (C=O) groups excluding carboxylic acids is 3.